The third-order valence-corrected chi connectivity index (χ3v) is 6.02. The van der Waals surface area contributed by atoms with Crippen LogP contribution < -0.4 is 4.74 Å². The molecule has 0 atom stereocenters. The van der Waals surface area contributed by atoms with E-state index >= 15 is 0 Å². The summed E-state index contributed by atoms with van der Waals surface area (Å²) in [5, 5.41) is 1.76. The van der Waals surface area contributed by atoms with Gasteiger partial charge in [-0.2, -0.15) is 0 Å². The number of para-hydroxylation sites is 1. The number of fused-ring (bicyclic) bond motifs is 1. The minimum absolute atomic E-state index is 0.215. The molecule has 0 aliphatic carbocycles. The Kier molecular flexibility index (Phi) is 6.93. The number of pyridine rings is 1. The largest absolute Gasteiger partial charge is 0.487 e. The third-order valence-electron chi connectivity index (χ3n) is 4.74. The molecule has 3 aromatic carbocycles. The number of nitrogens with zero attached hydrogens (tertiary/aromatic N) is 1. The van der Waals surface area contributed by atoms with E-state index in [0.29, 0.717) is 32.5 Å². The predicted octanol–water partition coefficient (Wildman–Crippen LogP) is 6.69. The topological polar surface area (TPSA) is 48.4 Å². The second-order valence-corrected chi connectivity index (χ2v) is 8.37. The lowest BCUT2D eigenvalue weighted by molar-refractivity contribution is 0.0590. The number of benzene rings is 3. The first-order chi connectivity index (χ1) is 15.5. The third kappa shape index (κ3) is 5.03. The molecule has 162 valence electrons. The number of rotatable bonds is 7. The summed E-state index contributed by atoms with van der Waals surface area (Å²) >= 11 is 7.42. The van der Waals surface area contributed by atoms with Crippen LogP contribution in [0.25, 0.3) is 10.9 Å². The average molecular weight is 468 g/mol. The molecule has 0 aliphatic heterocycles. The smallest absolute Gasteiger partial charge is 0.344 e. The molecule has 0 radical (unpaired) electrons. The van der Waals surface area contributed by atoms with Crippen LogP contribution in [0, 0.1) is 5.82 Å². The first-order valence-corrected chi connectivity index (χ1v) is 11.2. The minimum Gasteiger partial charge on any atom is -0.487 e. The van der Waals surface area contributed by atoms with Crippen molar-refractivity contribution in [2.45, 2.75) is 17.4 Å². The van der Waals surface area contributed by atoms with Gasteiger partial charge in [0, 0.05) is 16.2 Å². The van der Waals surface area contributed by atoms with Crippen molar-refractivity contribution in [3.05, 3.63) is 100 Å². The van der Waals surface area contributed by atoms with Gasteiger partial charge in [0.15, 0.2) is 0 Å². The molecule has 0 fully saturated rings. The Morgan fingerprint density at radius 3 is 2.59 bits per heavy atom. The van der Waals surface area contributed by atoms with E-state index in [0.717, 1.165) is 11.1 Å². The standard InChI is InChI=1S/C25H19ClFNO3S/c1-30-25(29)22-23(31-14-16-6-4-8-18(26)12-16)20-10-2-3-11-21(20)28-24(22)32-15-17-7-5-9-19(27)13-17/h2-13H,14-15H2,1H3. The Morgan fingerprint density at radius 1 is 1.03 bits per heavy atom. The highest BCUT2D eigenvalue weighted by atomic mass is 35.5. The Hall–Kier alpha value is -3.09. The van der Waals surface area contributed by atoms with E-state index in [-0.39, 0.29) is 18.0 Å². The van der Waals surface area contributed by atoms with Gasteiger partial charge in [0.05, 0.1) is 12.6 Å². The molecule has 0 bridgehead atoms. The summed E-state index contributed by atoms with van der Waals surface area (Å²) in [5.41, 5.74) is 2.57. The molecule has 0 amide bonds. The summed E-state index contributed by atoms with van der Waals surface area (Å²) in [4.78, 5) is 17.5. The van der Waals surface area contributed by atoms with Crippen LogP contribution in [0.15, 0.2) is 77.8 Å². The first kappa shape index (κ1) is 22.1. The van der Waals surface area contributed by atoms with Crippen LogP contribution in [0.2, 0.25) is 5.02 Å². The normalized spacial score (nSPS) is 10.8. The second kappa shape index (κ2) is 10.0. The van der Waals surface area contributed by atoms with Gasteiger partial charge in [-0.25, -0.2) is 14.2 Å². The zero-order chi connectivity index (χ0) is 22.5. The molecule has 0 saturated heterocycles. The fraction of sp³-hybridized carbons (Fsp3) is 0.120. The van der Waals surface area contributed by atoms with Crippen LogP contribution in [0.4, 0.5) is 4.39 Å². The van der Waals surface area contributed by atoms with E-state index < -0.39 is 5.97 Å². The fourth-order valence-corrected chi connectivity index (χ4v) is 4.44. The number of halogens is 2. The van der Waals surface area contributed by atoms with Crippen molar-refractivity contribution in [2.75, 3.05) is 7.11 Å². The lowest BCUT2D eigenvalue weighted by Crippen LogP contribution is -2.10. The van der Waals surface area contributed by atoms with E-state index in [9.17, 15) is 9.18 Å². The summed E-state index contributed by atoms with van der Waals surface area (Å²) < 4.78 is 24.8. The Bertz CT molecular complexity index is 1280. The van der Waals surface area contributed by atoms with Crippen LogP contribution >= 0.6 is 23.4 Å². The molecule has 0 N–H and O–H groups in total. The van der Waals surface area contributed by atoms with Crippen molar-refractivity contribution in [2.24, 2.45) is 0 Å². The van der Waals surface area contributed by atoms with E-state index in [1.165, 1.54) is 31.0 Å². The molecule has 4 rings (SSSR count). The second-order valence-electron chi connectivity index (χ2n) is 6.97. The molecular formula is C25H19ClFNO3S. The van der Waals surface area contributed by atoms with Crippen LogP contribution in [0.1, 0.15) is 21.5 Å². The lowest BCUT2D eigenvalue weighted by Gasteiger charge is -2.16. The maximum Gasteiger partial charge on any atom is 0.344 e. The molecule has 0 unspecified atom stereocenters. The van der Waals surface area contributed by atoms with E-state index in [4.69, 9.17) is 21.1 Å². The van der Waals surface area contributed by atoms with Crippen molar-refractivity contribution in [3.8, 4) is 5.75 Å². The quantitative estimate of drug-likeness (QED) is 0.224. The summed E-state index contributed by atoms with van der Waals surface area (Å²) in [6, 6.07) is 21.1. The average Bonchev–Trinajstić information content (AvgIpc) is 2.80. The maximum atomic E-state index is 13.6. The summed E-state index contributed by atoms with van der Waals surface area (Å²) in [7, 11) is 1.32. The van der Waals surface area contributed by atoms with E-state index in [1.54, 1.807) is 12.1 Å². The van der Waals surface area contributed by atoms with Gasteiger partial charge in [-0.15, -0.1) is 11.8 Å². The molecular weight excluding hydrogens is 449 g/mol. The molecule has 4 nitrogen and oxygen atoms in total. The number of carbonyl (C=O) groups is 1. The van der Waals surface area contributed by atoms with Crippen molar-refractivity contribution in [1.82, 2.24) is 4.98 Å². The molecule has 1 aromatic heterocycles. The number of aromatic nitrogens is 1. The fourth-order valence-electron chi connectivity index (χ4n) is 3.26. The maximum absolute atomic E-state index is 13.6. The van der Waals surface area contributed by atoms with Crippen LogP contribution in [-0.2, 0) is 17.1 Å². The van der Waals surface area contributed by atoms with Crippen LogP contribution in [0.3, 0.4) is 0 Å². The van der Waals surface area contributed by atoms with Gasteiger partial charge in [-0.3, -0.25) is 0 Å². The van der Waals surface area contributed by atoms with Crippen molar-refractivity contribution < 1.29 is 18.7 Å². The minimum atomic E-state index is -0.550. The summed E-state index contributed by atoms with van der Waals surface area (Å²) in [5.74, 6) is -0.0375. The van der Waals surface area contributed by atoms with Gasteiger partial charge in [-0.05, 0) is 47.5 Å². The number of thioether (sulfide) groups is 1. The van der Waals surface area contributed by atoms with Gasteiger partial charge >= 0.3 is 5.97 Å². The molecule has 4 aromatic rings. The SMILES string of the molecule is COC(=O)c1c(SCc2cccc(F)c2)nc2ccccc2c1OCc1cccc(Cl)c1. The van der Waals surface area contributed by atoms with Crippen LogP contribution in [0.5, 0.6) is 5.75 Å². The highest BCUT2D eigenvalue weighted by Gasteiger charge is 2.24. The first-order valence-electron chi connectivity index (χ1n) is 9.80. The molecule has 0 spiro atoms. The molecule has 1 heterocycles. The number of hydrogen-bond donors (Lipinski definition) is 0. The van der Waals surface area contributed by atoms with Gasteiger partial charge in [-0.1, -0.05) is 48.0 Å². The zero-order valence-electron chi connectivity index (χ0n) is 17.2. The molecule has 0 aliphatic rings. The number of ether oxygens (including phenoxy) is 2. The monoisotopic (exact) mass is 467 g/mol. The molecule has 0 saturated carbocycles. The highest BCUT2D eigenvalue weighted by molar-refractivity contribution is 7.98. The number of carbonyl (C=O) groups excluding carboxylic acids is 1. The number of esters is 1. The molecule has 7 heteroatoms. The molecule has 32 heavy (non-hydrogen) atoms. The summed E-state index contributed by atoms with van der Waals surface area (Å²) in [6.45, 7) is 0.215. The zero-order valence-corrected chi connectivity index (χ0v) is 18.8. The van der Waals surface area contributed by atoms with Gasteiger partial charge < -0.3 is 9.47 Å². The lowest BCUT2D eigenvalue weighted by atomic mass is 10.1. The summed E-state index contributed by atoms with van der Waals surface area (Å²) in [6.07, 6.45) is 0. The van der Waals surface area contributed by atoms with E-state index in [1.807, 2.05) is 48.5 Å². The van der Waals surface area contributed by atoms with Gasteiger partial charge in [0.1, 0.15) is 28.8 Å². The van der Waals surface area contributed by atoms with Crippen molar-refractivity contribution in [3.63, 3.8) is 0 Å². The Morgan fingerprint density at radius 2 is 1.81 bits per heavy atom. The predicted molar refractivity (Wildman–Crippen MR) is 125 cm³/mol. The van der Waals surface area contributed by atoms with Gasteiger partial charge in [0.2, 0.25) is 0 Å². The van der Waals surface area contributed by atoms with Crippen molar-refractivity contribution in [1.29, 1.82) is 0 Å². The number of hydrogen-bond acceptors (Lipinski definition) is 5. The van der Waals surface area contributed by atoms with E-state index in [2.05, 4.69) is 4.98 Å². The Balaban J connectivity index is 1.75. The Labute approximate surface area is 194 Å². The van der Waals surface area contributed by atoms with Crippen LogP contribution in [-0.4, -0.2) is 18.1 Å². The van der Waals surface area contributed by atoms with Gasteiger partial charge in [0.25, 0.3) is 0 Å². The van der Waals surface area contributed by atoms with Crippen molar-refractivity contribution >= 4 is 40.2 Å². The number of methoxy groups -OCH3 is 1. The highest BCUT2D eigenvalue weighted by Crippen LogP contribution is 2.37.